The minimum Gasteiger partial charge on any atom is -0.357 e. The topological polar surface area (TPSA) is 77.2 Å². The number of rotatable bonds is 7. The molecular formula is C16H18F3N3O3S. The third-order valence-electron chi connectivity index (χ3n) is 3.45. The number of amides is 1. The number of halogens is 3. The van der Waals surface area contributed by atoms with Gasteiger partial charge >= 0.3 is 12.1 Å². The van der Waals surface area contributed by atoms with Crippen molar-refractivity contribution >= 4 is 17.7 Å². The number of nitrogens with one attached hydrogen (secondary N) is 1. The van der Waals surface area contributed by atoms with Crippen LogP contribution in [0.25, 0.3) is 11.4 Å². The number of nitrogens with zero attached hydrogens (tertiary/aromatic N) is 2. The summed E-state index contributed by atoms with van der Waals surface area (Å²) < 4.78 is 47.4. The van der Waals surface area contributed by atoms with Crippen molar-refractivity contribution in [3.8, 4) is 11.4 Å². The fraction of sp³-hybridized carbons (Fsp3) is 0.438. The summed E-state index contributed by atoms with van der Waals surface area (Å²) in [6, 6.07) is 4.84. The molecule has 1 aromatic carbocycles. The maximum atomic E-state index is 12.6. The Labute approximate surface area is 152 Å². The van der Waals surface area contributed by atoms with E-state index in [0.29, 0.717) is 28.9 Å². The number of ether oxygens (including phenoxy) is 1. The van der Waals surface area contributed by atoms with Crippen LogP contribution < -0.4 is 5.32 Å². The summed E-state index contributed by atoms with van der Waals surface area (Å²) in [5, 5.41) is 6.15. The van der Waals surface area contributed by atoms with Gasteiger partial charge in [-0.3, -0.25) is 4.79 Å². The molecule has 26 heavy (non-hydrogen) atoms. The molecule has 10 heteroatoms. The number of methoxy groups -OCH3 is 1. The average Bonchev–Trinajstić information content (AvgIpc) is 3.10. The standard InChI is InChI=1S/C16H18F3N3O3S/c1-4-5-12(23)20-14(24-2)10-7-6-9(8-11(10)26-3)13-21-15(25-22-13)16(17,18)19/h6-8,14H,4-5H2,1-3H3,(H,20,23). The Kier molecular flexibility index (Phi) is 6.65. The maximum Gasteiger partial charge on any atom is 0.471 e. The summed E-state index contributed by atoms with van der Waals surface area (Å²) in [5.41, 5.74) is 1.06. The van der Waals surface area contributed by atoms with Gasteiger partial charge in [0, 0.05) is 29.6 Å². The van der Waals surface area contributed by atoms with Gasteiger partial charge in [-0.1, -0.05) is 24.2 Å². The SMILES string of the molecule is CCCC(=O)NC(OC)c1ccc(-c2noc(C(F)(F)F)n2)cc1SC. The maximum absolute atomic E-state index is 12.6. The molecule has 1 aromatic heterocycles. The molecule has 6 nitrogen and oxygen atoms in total. The predicted molar refractivity (Wildman–Crippen MR) is 89.3 cm³/mol. The summed E-state index contributed by atoms with van der Waals surface area (Å²) in [5.74, 6) is -1.71. The van der Waals surface area contributed by atoms with E-state index in [1.807, 2.05) is 6.92 Å². The Bertz CT molecular complexity index is 765. The number of hydrogen-bond donors (Lipinski definition) is 1. The highest BCUT2D eigenvalue weighted by atomic mass is 32.2. The van der Waals surface area contributed by atoms with Crippen LogP contribution in [0.15, 0.2) is 27.6 Å². The van der Waals surface area contributed by atoms with Crippen molar-refractivity contribution in [2.24, 2.45) is 0 Å². The van der Waals surface area contributed by atoms with Crippen LogP contribution in [-0.4, -0.2) is 29.4 Å². The molecule has 2 aromatic rings. The molecule has 0 aliphatic rings. The first kappa shape index (κ1) is 20.2. The highest BCUT2D eigenvalue weighted by Gasteiger charge is 2.38. The second-order valence-electron chi connectivity index (χ2n) is 5.31. The molecule has 0 bridgehead atoms. The van der Waals surface area contributed by atoms with E-state index >= 15 is 0 Å². The third-order valence-corrected chi connectivity index (χ3v) is 4.24. The minimum absolute atomic E-state index is 0.150. The lowest BCUT2D eigenvalue weighted by molar-refractivity contribution is -0.159. The number of hydrogen-bond acceptors (Lipinski definition) is 6. The Balaban J connectivity index is 2.31. The Morgan fingerprint density at radius 1 is 1.42 bits per heavy atom. The first-order chi connectivity index (χ1) is 12.3. The van der Waals surface area contributed by atoms with E-state index in [1.165, 1.54) is 18.9 Å². The molecule has 0 spiro atoms. The van der Waals surface area contributed by atoms with Crippen molar-refractivity contribution in [1.29, 1.82) is 0 Å². The molecule has 2 rings (SSSR count). The number of aromatic nitrogens is 2. The van der Waals surface area contributed by atoms with Crippen LogP contribution in [0, 0.1) is 0 Å². The van der Waals surface area contributed by atoms with Crippen molar-refractivity contribution in [2.75, 3.05) is 13.4 Å². The van der Waals surface area contributed by atoms with E-state index in [4.69, 9.17) is 4.74 Å². The second kappa shape index (κ2) is 8.54. The minimum atomic E-state index is -4.70. The van der Waals surface area contributed by atoms with Crippen molar-refractivity contribution in [3.05, 3.63) is 29.7 Å². The highest BCUT2D eigenvalue weighted by molar-refractivity contribution is 7.98. The number of carbonyl (C=O) groups excluding carboxylic acids is 1. The van der Waals surface area contributed by atoms with Gasteiger partial charge in [0.15, 0.2) is 6.23 Å². The fourth-order valence-electron chi connectivity index (χ4n) is 2.23. The van der Waals surface area contributed by atoms with Gasteiger partial charge in [0.1, 0.15) is 0 Å². The highest BCUT2D eigenvalue weighted by Crippen LogP contribution is 2.33. The smallest absolute Gasteiger partial charge is 0.357 e. The molecule has 0 saturated carbocycles. The normalized spacial score (nSPS) is 12.8. The second-order valence-corrected chi connectivity index (χ2v) is 6.16. The van der Waals surface area contributed by atoms with Crippen LogP contribution >= 0.6 is 11.8 Å². The zero-order valence-electron chi connectivity index (χ0n) is 14.4. The Hall–Kier alpha value is -2.07. The zero-order chi connectivity index (χ0) is 19.3. The Morgan fingerprint density at radius 2 is 2.15 bits per heavy atom. The molecule has 0 radical (unpaired) electrons. The number of carbonyl (C=O) groups is 1. The first-order valence-electron chi connectivity index (χ1n) is 7.71. The quantitative estimate of drug-likeness (QED) is 0.569. The molecule has 1 amide bonds. The lowest BCUT2D eigenvalue weighted by Gasteiger charge is -2.20. The lowest BCUT2D eigenvalue weighted by Crippen LogP contribution is -2.29. The molecule has 1 atom stereocenters. The summed E-state index contributed by atoms with van der Waals surface area (Å²) in [6.07, 6.45) is -2.48. The van der Waals surface area contributed by atoms with Crippen LogP contribution in [0.4, 0.5) is 13.2 Å². The summed E-state index contributed by atoms with van der Waals surface area (Å²) >= 11 is 1.36. The van der Waals surface area contributed by atoms with E-state index in [2.05, 4.69) is 20.0 Å². The molecule has 1 N–H and O–H groups in total. The summed E-state index contributed by atoms with van der Waals surface area (Å²) in [4.78, 5) is 15.9. The van der Waals surface area contributed by atoms with Crippen LogP contribution in [0.1, 0.15) is 37.4 Å². The molecule has 1 heterocycles. The number of thioether (sulfide) groups is 1. The van der Waals surface area contributed by atoms with Gasteiger partial charge in [0.05, 0.1) is 0 Å². The third kappa shape index (κ3) is 4.76. The van der Waals surface area contributed by atoms with Gasteiger partial charge in [-0.2, -0.15) is 18.2 Å². The molecular weight excluding hydrogens is 371 g/mol. The van der Waals surface area contributed by atoms with Gasteiger partial charge < -0.3 is 14.6 Å². The van der Waals surface area contributed by atoms with Gasteiger partial charge in [0.2, 0.25) is 11.7 Å². The molecule has 142 valence electrons. The largest absolute Gasteiger partial charge is 0.471 e. The van der Waals surface area contributed by atoms with Crippen LogP contribution in [0.3, 0.4) is 0 Å². The molecule has 0 fully saturated rings. The van der Waals surface area contributed by atoms with Crippen molar-refractivity contribution in [3.63, 3.8) is 0 Å². The predicted octanol–water partition coefficient (Wildman–Crippen LogP) is 4.04. The van der Waals surface area contributed by atoms with Gasteiger partial charge in [-0.05, 0) is 18.7 Å². The molecule has 0 saturated heterocycles. The van der Waals surface area contributed by atoms with E-state index < -0.39 is 18.3 Å². The first-order valence-corrected chi connectivity index (χ1v) is 8.94. The van der Waals surface area contributed by atoms with Crippen molar-refractivity contribution < 1.29 is 27.2 Å². The van der Waals surface area contributed by atoms with Gasteiger partial charge in [0.25, 0.3) is 0 Å². The summed E-state index contributed by atoms with van der Waals surface area (Å²) in [6.45, 7) is 1.89. The lowest BCUT2D eigenvalue weighted by atomic mass is 10.1. The summed E-state index contributed by atoms with van der Waals surface area (Å²) in [7, 11) is 1.46. The van der Waals surface area contributed by atoms with Gasteiger partial charge in [-0.15, -0.1) is 11.8 Å². The molecule has 0 aliphatic carbocycles. The van der Waals surface area contributed by atoms with Gasteiger partial charge in [-0.25, -0.2) is 0 Å². The van der Waals surface area contributed by atoms with E-state index in [-0.39, 0.29) is 11.7 Å². The Morgan fingerprint density at radius 3 is 2.69 bits per heavy atom. The van der Waals surface area contributed by atoms with Crippen molar-refractivity contribution in [2.45, 2.75) is 37.1 Å². The number of benzene rings is 1. The fourth-order valence-corrected chi connectivity index (χ4v) is 2.89. The van der Waals surface area contributed by atoms with Crippen LogP contribution in [0.2, 0.25) is 0 Å². The van der Waals surface area contributed by atoms with Crippen LogP contribution in [0.5, 0.6) is 0 Å². The van der Waals surface area contributed by atoms with E-state index in [1.54, 1.807) is 24.5 Å². The van der Waals surface area contributed by atoms with E-state index in [0.717, 1.165) is 0 Å². The van der Waals surface area contributed by atoms with E-state index in [9.17, 15) is 18.0 Å². The zero-order valence-corrected chi connectivity index (χ0v) is 15.2. The van der Waals surface area contributed by atoms with Crippen LogP contribution in [-0.2, 0) is 15.7 Å². The molecule has 1 unspecified atom stereocenters. The van der Waals surface area contributed by atoms with Crippen molar-refractivity contribution in [1.82, 2.24) is 15.5 Å². The molecule has 0 aliphatic heterocycles. The average molecular weight is 389 g/mol. The monoisotopic (exact) mass is 389 g/mol. The number of alkyl halides is 3.